The molecule has 0 bridgehead atoms. The number of fused-ring (bicyclic) bond motifs is 3. The third-order valence-corrected chi connectivity index (χ3v) is 24.0. The highest BCUT2D eigenvalue weighted by molar-refractivity contribution is 7.85. The summed E-state index contributed by atoms with van der Waals surface area (Å²) in [5.74, 6) is -1.77. The Morgan fingerprint density at radius 3 is 2.23 bits per heavy atom. The first-order valence-corrected chi connectivity index (χ1v) is 40.5. The van der Waals surface area contributed by atoms with Crippen LogP contribution >= 0.6 is 31.3 Å². The number of amides is 1. The number of H-pyrrole nitrogens is 1. The lowest BCUT2D eigenvalue weighted by atomic mass is 9.80. The Hall–Kier alpha value is -5.50. The second-order valence-corrected chi connectivity index (χ2v) is 34.0. The van der Waals surface area contributed by atoms with Gasteiger partial charge >= 0.3 is 5.56 Å². The molecule has 4 aliphatic rings. The van der Waals surface area contributed by atoms with Crippen molar-refractivity contribution in [2.75, 3.05) is 61.5 Å². The number of phosphoric ester groups is 2. The molecule has 3 aliphatic heterocycles. The monoisotopic (exact) mass is 1510 g/mol. The lowest BCUT2D eigenvalue weighted by molar-refractivity contribution is -0.437. The molecule has 0 radical (unpaired) electrons. The molecular weight excluding hydrogens is 1430 g/mol. The minimum atomic E-state index is -6.55. The van der Waals surface area contributed by atoms with E-state index >= 15 is 0 Å². The summed E-state index contributed by atoms with van der Waals surface area (Å²) >= 11 is -2.88. The van der Waals surface area contributed by atoms with Crippen LogP contribution < -0.4 is 50.6 Å². The van der Waals surface area contributed by atoms with Crippen molar-refractivity contribution in [1.29, 1.82) is 0 Å². The smallest absolute Gasteiger partial charge is 0.302 e. The van der Waals surface area contributed by atoms with Gasteiger partial charge < -0.3 is 82.6 Å². The molecule has 6 unspecified atom stereocenters. The maximum Gasteiger partial charge on any atom is 0.302 e. The summed E-state index contributed by atoms with van der Waals surface area (Å²) in [4.78, 5) is 86.9. The van der Waals surface area contributed by atoms with Crippen LogP contribution in [0, 0.1) is 6.92 Å². The SMILES string of the molecule is Cc1ccc2c(c1)C(C)(C)/C(=C/C=C1\CCCC(/C=C/C3=[N+](CCCS(=O)(=O)[O-])c4ccc(OS(=O)[O-])cc4C3(C)C)=C1NCCC(=O)NCCCCCCOP(=O)([O-])OP(=O)([O-])OP(=O)([O-])OP(=O)([O-])OC[C@H]1O[C@@H](n3cnc4c(=O)nc(N)[nH]c43)CC1O)N2CCCS(=O)(=O)[O-]. The van der Waals surface area contributed by atoms with Gasteiger partial charge in [0.05, 0.1) is 51.3 Å². The molecule has 0 saturated carbocycles. The van der Waals surface area contributed by atoms with Crippen molar-refractivity contribution >= 4 is 103 Å². The number of rotatable bonds is 35. The minimum absolute atomic E-state index is 0.0193. The number of carbonyl (C=O) groups excluding carboxylic acids is 1. The van der Waals surface area contributed by atoms with E-state index in [4.69, 9.17) is 14.7 Å². The Bertz CT molecular complexity index is 4370. The van der Waals surface area contributed by atoms with E-state index in [1.165, 1.54) is 10.6 Å². The quantitative estimate of drug-likeness (QED) is 0.0145. The van der Waals surface area contributed by atoms with Crippen molar-refractivity contribution in [2.24, 2.45) is 0 Å². The molecule has 542 valence electrons. The van der Waals surface area contributed by atoms with Crippen molar-refractivity contribution in [1.82, 2.24) is 30.2 Å². The summed E-state index contributed by atoms with van der Waals surface area (Å²) in [6.45, 7) is 8.75. The van der Waals surface area contributed by atoms with Crippen LogP contribution in [0.25, 0.3) is 11.2 Å². The van der Waals surface area contributed by atoms with Gasteiger partial charge in [-0.2, -0.15) is 9.56 Å². The number of hydrogen-bond acceptors (Lipinski definition) is 31. The number of nitrogens with one attached hydrogen (secondary N) is 3. The number of nitrogen functional groups attached to an aromatic ring is 1. The number of anilines is 2. The lowest BCUT2D eigenvalue weighted by Crippen LogP contribution is -2.30. The van der Waals surface area contributed by atoms with Crippen LogP contribution in [0.5, 0.6) is 5.75 Å². The third-order valence-electron chi connectivity index (χ3n) is 16.3. The number of aryl methyl sites for hydroxylation is 1. The molecule has 2 aromatic carbocycles. The van der Waals surface area contributed by atoms with E-state index in [-0.39, 0.29) is 93.5 Å². The summed E-state index contributed by atoms with van der Waals surface area (Å²) in [7, 11) is -34.1. The molecule has 1 fully saturated rings. The first-order chi connectivity index (χ1) is 45.6. The van der Waals surface area contributed by atoms with Gasteiger partial charge in [0.2, 0.25) is 17.5 Å². The second kappa shape index (κ2) is 31.8. The Morgan fingerprint density at radius 1 is 0.867 bits per heavy atom. The molecule has 1 aliphatic carbocycles. The van der Waals surface area contributed by atoms with Gasteiger partial charge in [0.1, 0.15) is 41.6 Å². The number of aromatic amines is 1. The summed E-state index contributed by atoms with van der Waals surface area (Å²) in [6, 6.07) is 10.7. The number of phosphoric acid groups is 4. The fraction of sp³-hybridized carbons (Fsp3) is 0.518. The van der Waals surface area contributed by atoms with E-state index < -0.39 is 122 Å². The zero-order valence-electron chi connectivity index (χ0n) is 53.5. The first-order valence-electron chi connectivity index (χ1n) is 30.5. The average Bonchev–Trinajstić information content (AvgIpc) is 1.60. The first kappa shape index (κ1) is 78.2. The predicted octanol–water partition coefficient (Wildman–Crippen LogP) is 2.99. The number of aromatic nitrogens is 4. The number of hydrogen-bond donors (Lipinski definition) is 5. The molecule has 0 spiro atoms. The maximum atomic E-state index is 13.3. The van der Waals surface area contributed by atoms with Gasteiger partial charge in [0.15, 0.2) is 11.2 Å². The maximum absolute atomic E-state index is 13.3. The fourth-order valence-corrected chi connectivity index (χ4v) is 17.9. The number of nitrogens with two attached hydrogens (primary N) is 1. The molecular formula is C56H73N9O26P4S3-6. The lowest BCUT2D eigenvalue weighted by Gasteiger charge is -2.36. The Balaban J connectivity index is 0.859. The zero-order valence-corrected chi connectivity index (χ0v) is 59.5. The van der Waals surface area contributed by atoms with Gasteiger partial charge in [-0.25, -0.2) is 39.0 Å². The molecule has 8 atom stereocenters. The molecule has 4 aromatic rings. The van der Waals surface area contributed by atoms with Gasteiger partial charge in [0.25, 0.3) is 31.3 Å². The largest absolute Gasteiger partial charge is 0.756 e. The molecule has 35 nitrogen and oxygen atoms in total. The molecule has 42 heteroatoms. The van der Waals surface area contributed by atoms with Gasteiger partial charge in [-0.3, -0.25) is 32.4 Å². The van der Waals surface area contributed by atoms with E-state index in [0.717, 1.165) is 40.0 Å². The second-order valence-electron chi connectivity index (χ2n) is 24.3. The normalized spacial score (nSPS) is 22.3. The topological polar surface area (TPSA) is 537 Å². The molecule has 8 rings (SSSR count). The third kappa shape index (κ3) is 21.1. The van der Waals surface area contributed by atoms with Crippen LogP contribution in [-0.2, 0) is 92.2 Å². The highest BCUT2D eigenvalue weighted by atomic mass is 32.2. The number of aliphatic hydroxyl groups excluding tert-OH is 1. The van der Waals surface area contributed by atoms with Crippen LogP contribution in [-0.4, -0.2) is 139 Å². The highest BCUT2D eigenvalue weighted by Gasteiger charge is 2.45. The van der Waals surface area contributed by atoms with E-state index in [9.17, 15) is 87.2 Å². The molecule has 2 aromatic heterocycles. The molecule has 1 amide bonds. The Labute approximate surface area is 566 Å². The molecule has 6 N–H and O–H groups in total. The van der Waals surface area contributed by atoms with E-state index in [1.807, 2.05) is 66.7 Å². The van der Waals surface area contributed by atoms with E-state index in [1.54, 1.807) is 12.1 Å². The highest BCUT2D eigenvalue weighted by Crippen LogP contribution is 2.67. The van der Waals surface area contributed by atoms with Crippen LogP contribution in [0.2, 0.25) is 0 Å². The predicted molar refractivity (Wildman–Crippen MR) is 342 cm³/mol. The molecule has 5 heterocycles. The molecule has 98 heavy (non-hydrogen) atoms. The number of imidazole rings is 1. The van der Waals surface area contributed by atoms with Gasteiger partial charge in [-0.15, -0.1) is 0 Å². The zero-order chi connectivity index (χ0) is 72.0. The average molecular weight is 1510 g/mol. The van der Waals surface area contributed by atoms with E-state index in [2.05, 4.69) is 67.5 Å². The van der Waals surface area contributed by atoms with Crippen molar-refractivity contribution < 1.29 is 118 Å². The van der Waals surface area contributed by atoms with Crippen molar-refractivity contribution in [3.63, 3.8) is 0 Å². The summed E-state index contributed by atoms with van der Waals surface area (Å²) in [5.41, 5.74) is 11.4. The number of allylic oxidation sites excluding steroid dienone is 7. The summed E-state index contributed by atoms with van der Waals surface area (Å²) in [6.07, 6.45) is 7.45. The van der Waals surface area contributed by atoms with Crippen molar-refractivity contribution in [2.45, 2.75) is 135 Å². The van der Waals surface area contributed by atoms with Crippen LogP contribution in [0.15, 0.2) is 94.4 Å². The number of carbonyl (C=O) groups is 1. The standard InChI is InChI=1S/C56H79N9O26P4S3/c1-36-15-19-42-40(31-36)55(2,3)46(63(42)26-11-29-97(79,80)81)21-16-37-13-10-14-38(17-22-47-56(4,5)41-32-39(88-96(77)78)18-20-43(41)64(47)27-12-30-98(82,83)84)50(37)59-25-23-48(67)58-24-8-6-7-9-28-85-92(69,70)89-94(73,74)91-95(75,76)90-93(71,72)86-34-45-44(66)33-49(87-45)65-35-60-51-52(65)61-54(57)62-53(51)68/h15-22,31-32,35,44-45,49,66H,6-14,23-30,33-34H2,1-5H3,(H11,57,58,61,62,67,68,69,70,71,72,73,74,75,76,77,78,79,80,81,82,83,84)/p-6/b37-16+,46-21-/t44?,45-,49-/m1/s1. The Morgan fingerprint density at radius 2 is 1.54 bits per heavy atom. The van der Waals surface area contributed by atoms with Crippen LogP contribution in [0.3, 0.4) is 0 Å². The van der Waals surface area contributed by atoms with Crippen LogP contribution in [0.4, 0.5) is 17.3 Å². The molecule has 1 saturated heterocycles. The van der Waals surface area contributed by atoms with Gasteiger partial charge in [0, 0.05) is 90.6 Å². The van der Waals surface area contributed by atoms with Gasteiger partial charge in [-0.05, 0) is 100 Å². The number of nitrogens with zero attached hydrogens (tertiary/aromatic N) is 5. The fourth-order valence-electron chi connectivity index (χ4n) is 11.9. The minimum Gasteiger partial charge on any atom is -0.756 e. The number of ether oxygens (including phenoxy) is 1. The van der Waals surface area contributed by atoms with Crippen LogP contribution in [0.1, 0.15) is 121 Å². The number of benzene rings is 2. The Kier molecular flexibility index (Phi) is 25.4. The number of aliphatic hydroxyl groups is 1. The van der Waals surface area contributed by atoms with E-state index in [0.29, 0.717) is 54.8 Å². The summed E-state index contributed by atoms with van der Waals surface area (Å²) in [5, 5.41) is 16.8. The van der Waals surface area contributed by atoms with Gasteiger partial charge in [-0.1, -0.05) is 56.5 Å². The van der Waals surface area contributed by atoms with Crippen molar-refractivity contribution in [3.8, 4) is 5.75 Å². The van der Waals surface area contributed by atoms with Crippen molar-refractivity contribution in [3.05, 3.63) is 117 Å². The number of unbranched alkanes of at least 4 members (excludes halogenated alkanes) is 3. The summed E-state index contributed by atoms with van der Waals surface area (Å²) < 4.78 is 177.